The van der Waals surface area contributed by atoms with Crippen molar-refractivity contribution in [2.24, 2.45) is 5.92 Å². The Balaban J connectivity index is 1.44. The summed E-state index contributed by atoms with van der Waals surface area (Å²) in [5.41, 5.74) is 2.06. The molecule has 3 aliphatic rings. The van der Waals surface area contributed by atoms with Crippen molar-refractivity contribution in [3.8, 4) is 0 Å². The van der Waals surface area contributed by atoms with E-state index in [0.717, 1.165) is 49.5 Å². The molecule has 4 rings (SSSR count). The van der Waals surface area contributed by atoms with Crippen LogP contribution >= 0.6 is 0 Å². The van der Waals surface area contributed by atoms with Crippen LogP contribution in [0.2, 0.25) is 0 Å². The first-order valence-corrected chi connectivity index (χ1v) is 10.2. The minimum absolute atomic E-state index is 0.116. The van der Waals surface area contributed by atoms with E-state index in [2.05, 4.69) is 10.1 Å². The molecule has 0 aromatic carbocycles. The van der Waals surface area contributed by atoms with Crippen LogP contribution in [0.1, 0.15) is 29.9 Å². The second kappa shape index (κ2) is 6.09. The summed E-state index contributed by atoms with van der Waals surface area (Å²) in [6, 6.07) is 0. The van der Waals surface area contributed by atoms with Crippen molar-refractivity contribution < 1.29 is 17.7 Å². The summed E-state index contributed by atoms with van der Waals surface area (Å²) in [5.74, 6) is 1.10. The Bertz CT molecular complexity index is 693. The van der Waals surface area contributed by atoms with E-state index in [4.69, 9.17) is 9.26 Å². The minimum Gasteiger partial charge on any atom is -0.375 e. The molecule has 2 atom stereocenters. The van der Waals surface area contributed by atoms with Crippen molar-refractivity contribution in [1.82, 2.24) is 14.4 Å². The first-order valence-electron chi connectivity index (χ1n) is 8.70. The van der Waals surface area contributed by atoms with Crippen LogP contribution in [0.15, 0.2) is 4.52 Å². The maximum Gasteiger partial charge on any atom is 0.217 e. The van der Waals surface area contributed by atoms with Crippen LogP contribution in [0.4, 0.5) is 0 Å². The van der Waals surface area contributed by atoms with E-state index in [9.17, 15) is 8.42 Å². The fourth-order valence-electron chi connectivity index (χ4n) is 3.84. The molecule has 24 heavy (non-hydrogen) atoms. The summed E-state index contributed by atoms with van der Waals surface area (Å²) in [7, 11) is -3.12. The van der Waals surface area contributed by atoms with Crippen molar-refractivity contribution >= 4 is 10.0 Å². The van der Waals surface area contributed by atoms with Crippen LogP contribution in [-0.2, 0) is 21.3 Å². The number of hydrogen-bond donors (Lipinski definition) is 0. The molecule has 1 aliphatic carbocycles. The Morgan fingerprint density at radius 3 is 2.67 bits per heavy atom. The topological polar surface area (TPSA) is 75.9 Å². The van der Waals surface area contributed by atoms with Crippen molar-refractivity contribution in [2.45, 2.75) is 44.6 Å². The second-order valence-electron chi connectivity index (χ2n) is 7.27. The number of sulfonamides is 1. The summed E-state index contributed by atoms with van der Waals surface area (Å²) in [4.78, 5) is 2.33. The smallest absolute Gasteiger partial charge is 0.217 e. The SMILES string of the molecule is Cc1noc(C)c1CN1C[C@H]2CN(S(=O)(=O)C3CC3)CCO[C@H]2C1. The molecule has 0 amide bonds. The first-order chi connectivity index (χ1) is 11.4. The van der Waals surface area contributed by atoms with Gasteiger partial charge in [-0.1, -0.05) is 5.16 Å². The number of nitrogens with zero attached hydrogens (tertiary/aromatic N) is 3. The zero-order valence-electron chi connectivity index (χ0n) is 14.3. The van der Waals surface area contributed by atoms with Gasteiger partial charge in [-0.3, -0.25) is 4.90 Å². The number of fused-ring (bicyclic) bond motifs is 1. The lowest BCUT2D eigenvalue weighted by molar-refractivity contribution is 0.0518. The average molecular weight is 355 g/mol. The molecule has 7 nitrogen and oxygen atoms in total. The normalized spacial score (nSPS) is 29.6. The highest BCUT2D eigenvalue weighted by Crippen LogP contribution is 2.34. The third kappa shape index (κ3) is 3.00. The van der Waals surface area contributed by atoms with E-state index < -0.39 is 10.0 Å². The lowest BCUT2D eigenvalue weighted by Gasteiger charge is -2.23. The number of aryl methyl sites for hydroxylation is 2. The van der Waals surface area contributed by atoms with Crippen LogP contribution in [0.3, 0.4) is 0 Å². The Morgan fingerprint density at radius 1 is 1.21 bits per heavy atom. The van der Waals surface area contributed by atoms with Gasteiger partial charge in [0.05, 0.1) is 23.7 Å². The van der Waals surface area contributed by atoms with Gasteiger partial charge in [0.25, 0.3) is 0 Å². The molecule has 3 fully saturated rings. The molecular formula is C16H25N3O4S. The summed E-state index contributed by atoms with van der Waals surface area (Å²) in [6.45, 7) is 7.94. The third-order valence-corrected chi connectivity index (χ3v) is 7.80. The molecule has 1 aromatic heterocycles. The Kier molecular flexibility index (Phi) is 4.19. The van der Waals surface area contributed by atoms with Crippen molar-refractivity contribution in [3.63, 3.8) is 0 Å². The number of aromatic nitrogens is 1. The number of likely N-dealkylation sites (tertiary alicyclic amines) is 1. The molecule has 8 heteroatoms. The predicted octanol–water partition coefficient (Wildman–Crippen LogP) is 0.916. The van der Waals surface area contributed by atoms with Gasteiger partial charge in [-0.15, -0.1) is 0 Å². The second-order valence-corrected chi connectivity index (χ2v) is 9.48. The molecule has 0 N–H and O–H groups in total. The molecule has 3 heterocycles. The van der Waals surface area contributed by atoms with Crippen LogP contribution in [0, 0.1) is 19.8 Å². The maximum atomic E-state index is 12.6. The first kappa shape index (κ1) is 16.5. The molecule has 2 saturated heterocycles. The van der Waals surface area contributed by atoms with Gasteiger partial charge in [-0.25, -0.2) is 8.42 Å². The van der Waals surface area contributed by atoms with E-state index in [-0.39, 0.29) is 17.3 Å². The van der Waals surface area contributed by atoms with Crippen molar-refractivity contribution in [1.29, 1.82) is 0 Å². The fraction of sp³-hybridized carbons (Fsp3) is 0.812. The molecule has 1 saturated carbocycles. The monoisotopic (exact) mass is 355 g/mol. The molecule has 2 aliphatic heterocycles. The van der Waals surface area contributed by atoms with E-state index in [0.29, 0.717) is 19.7 Å². The zero-order chi connectivity index (χ0) is 16.9. The van der Waals surface area contributed by atoms with E-state index >= 15 is 0 Å². The van der Waals surface area contributed by atoms with Gasteiger partial charge in [0.1, 0.15) is 5.76 Å². The maximum absolute atomic E-state index is 12.6. The van der Waals surface area contributed by atoms with Crippen molar-refractivity contribution in [3.05, 3.63) is 17.0 Å². The van der Waals surface area contributed by atoms with Crippen molar-refractivity contribution in [2.75, 3.05) is 32.8 Å². The summed E-state index contributed by atoms with van der Waals surface area (Å²) in [5, 5.41) is 3.87. The standard InChI is InChI=1S/C16H25N3O4S/c1-11-15(12(2)23-17-11)9-18-7-13-8-19(5-6-22-16(13)10-18)24(20,21)14-3-4-14/h13-14,16H,3-10H2,1-2H3/t13-,16-/m0/s1. The van der Waals surface area contributed by atoms with Gasteiger partial charge in [0.15, 0.2) is 0 Å². The molecule has 0 spiro atoms. The number of hydrogen-bond acceptors (Lipinski definition) is 6. The summed E-state index contributed by atoms with van der Waals surface area (Å²) in [6.07, 6.45) is 1.74. The highest BCUT2D eigenvalue weighted by molar-refractivity contribution is 7.90. The minimum atomic E-state index is -3.12. The quantitative estimate of drug-likeness (QED) is 0.799. The lowest BCUT2D eigenvalue weighted by Crippen LogP contribution is -2.39. The van der Waals surface area contributed by atoms with Crippen LogP contribution < -0.4 is 0 Å². The van der Waals surface area contributed by atoms with Crippen LogP contribution in [0.25, 0.3) is 0 Å². The number of rotatable bonds is 4. The molecule has 1 aromatic rings. The van der Waals surface area contributed by atoms with E-state index in [1.54, 1.807) is 4.31 Å². The predicted molar refractivity (Wildman–Crippen MR) is 88.0 cm³/mol. The van der Waals surface area contributed by atoms with Crippen LogP contribution in [0.5, 0.6) is 0 Å². The van der Waals surface area contributed by atoms with Gasteiger partial charge in [-0.05, 0) is 26.7 Å². The molecule has 0 bridgehead atoms. The lowest BCUT2D eigenvalue weighted by atomic mass is 10.1. The Labute approximate surface area is 143 Å². The van der Waals surface area contributed by atoms with Crippen LogP contribution in [-0.4, -0.2) is 66.9 Å². The summed E-state index contributed by atoms with van der Waals surface area (Å²) >= 11 is 0. The van der Waals surface area contributed by atoms with Gasteiger partial charge >= 0.3 is 0 Å². The Hall–Kier alpha value is -0.960. The van der Waals surface area contributed by atoms with E-state index in [1.165, 1.54) is 0 Å². The highest BCUT2D eigenvalue weighted by Gasteiger charge is 2.44. The summed E-state index contributed by atoms with van der Waals surface area (Å²) < 4.78 is 38.0. The van der Waals surface area contributed by atoms with Gasteiger partial charge in [0.2, 0.25) is 10.0 Å². The number of ether oxygens (including phenoxy) is 1. The average Bonchev–Trinajstić information content (AvgIpc) is 3.31. The molecule has 0 unspecified atom stereocenters. The largest absolute Gasteiger partial charge is 0.375 e. The van der Waals surface area contributed by atoms with Gasteiger partial charge in [0, 0.05) is 44.2 Å². The highest BCUT2D eigenvalue weighted by atomic mass is 32.2. The van der Waals surface area contributed by atoms with E-state index in [1.807, 2.05) is 13.8 Å². The zero-order valence-corrected chi connectivity index (χ0v) is 15.1. The Morgan fingerprint density at radius 2 is 2.00 bits per heavy atom. The third-order valence-electron chi connectivity index (χ3n) is 5.44. The molecule has 0 radical (unpaired) electrons. The van der Waals surface area contributed by atoms with Gasteiger partial charge < -0.3 is 9.26 Å². The molecular weight excluding hydrogens is 330 g/mol. The fourth-order valence-corrected chi connectivity index (χ4v) is 5.72. The van der Waals surface area contributed by atoms with Gasteiger partial charge in [-0.2, -0.15) is 4.31 Å². The molecule has 134 valence electrons.